The maximum atomic E-state index is 12.4. The van der Waals surface area contributed by atoms with Crippen molar-refractivity contribution in [2.24, 2.45) is 5.10 Å². The number of hydrogen-bond acceptors (Lipinski definition) is 4. The number of nitrogens with zero attached hydrogens (tertiary/aromatic N) is 1. The van der Waals surface area contributed by atoms with Crippen molar-refractivity contribution in [3.8, 4) is 11.5 Å². The molecule has 2 N–H and O–H groups in total. The zero-order chi connectivity index (χ0) is 18.2. The Labute approximate surface area is 151 Å². The number of para-hydroxylation sites is 1. The number of hydrogen-bond donors (Lipinski definition) is 2. The van der Waals surface area contributed by atoms with Gasteiger partial charge in [-0.15, -0.1) is 0 Å². The average molecular weight is 346 g/mol. The number of rotatable bonds is 6. The molecule has 0 fully saturated rings. The third-order valence-corrected chi connectivity index (χ3v) is 3.64. The van der Waals surface area contributed by atoms with Gasteiger partial charge in [0.1, 0.15) is 18.1 Å². The molecule has 5 heteroatoms. The zero-order valence-electron chi connectivity index (χ0n) is 14.0. The van der Waals surface area contributed by atoms with E-state index in [1.165, 1.54) is 6.21 Å². The van der Waals surface area contributed by atoms with E-state index >= 15 is 0 Å². The Morgan fingerprint density at radius 1 is 0.962 bits per heavy atom. The molecule has 26 heavy (non-hydrogen) atoms. The Balaban J connectivity index is 1.64. The molecular weight excluding hydrogens is 328 g/mol. The van der Waals surface area contributed by atoms with Crippen LogP contribution < -0.4 is 10.2 Å². The number of ether oxygens (including phenoxy) is 1. The van der Waals surface area contributed by atoms with Gasteiger partial charge in [-0.05, 0) is 47.5 Å². The van der Waals surface area contributed by atoms with Gasteiger partial charge >= 0.3 is 0 Å². The molecule has 0 aromatic heterocycles. The first-order valence-corrected chi connectivity index (χ1v) is 8.10. The lowest BCUT2D eigenvalue weighted by Gasteiger charge is -2.10. The molecule has 0 radical (unpaired) electrons. The van der Waals surface area contributed by atoms with Crippen LogP contribution in [0.3, 0.4) is 0 Å². The fourth-order valence-corrected chi connectivity index (χ4v) is 2.30. The molecule has 3 rings (SSSR count). The molecule has 0 bridgehead atoms. The average Bonchev–Trinajstić information content (AvgIpc) is 2.69. The summed E-state index contributed by atoms with van der Waals surface area (Å²) in [5.41, 5.74) is 4.68. The van der Waals surface area contributed by atoms with Crippen molar-refractivity contribution in [1.82, 2.24) is 5.43 Å². The number of benzene rings is 3. The molecule has 3 aromatic carbocycles. The predicted octanol–water partition coefficient (Wildman–Crippen LogP) is 3.74. The predicted molar refractivity (Wildman–Crippen MR) is 100 cm³/mol. The summed E-state index contributed by atoms with van der Waals surface area (Å²) in [5, 5.41) is 13.2. The molecule has 0 saturated carbocycles. The lowest BCUT2D eigenvalue weighted by molar-refractivity contribution is 0.0950. The van der Waals surface area contributed by atoms with Crippen molar-refractivity contribution in [3.05, 3.63) is 95.6 Å². The van der Waals surface area contributed by atoms with Gasteiger partial charge in [0, 0.05) is 0 Å². The molecule has 130 valence electrons. The largest absolute Gasteiger partial charge is 0.508 e. The minimum absolute atomic E-state index is 0.177. The Kier molecular flexibility index (Phi) is 5.62. The van der Waals surface area contributed by atoms with Crippen molar-refractivity contribution >= 4 is 12.1 Å². The van der Waals surface area contributed by atoms with E-state index in [0.717, 1.165) is 11.1 Å². The van der Waals surface area contributed by atoms with Gasteiger partial charge in [0.05, 0.1) is 11.8 Å². The second-order valence-electron chi connectivity index (χ2n) is 5.56. The molecule has 0 heterocycles. The van der Waals surface area contributed by atoms with Gasteiger partial charge in [-0.3, -0.25) is 4.79 Å². The van der Waals surface area contributed by atoms with Crippen molar-refractivity contribution in [2.75, 3.05) is 0 Å². The highest BCUT2D eigenvalue weighted by Gasteiger charge is 2.11. The topological polar surface area (TPSA) is 70.9 Å². The SMILES string of the molecule is O=C(N/N=C/c1ccc(O)cc1)c1ccccc1OCc1ccccc1. The smallest absolute Gasteiger partial charge is 0.275 e. The van der Waals surface area contributed by atoms with Crippen LogP contribution in [0.15, 0.2) is 84.0 Å². The molecular formula is C21H18N2O3. The monoisotopic (exact) mass is 346 g/mol. The Morgan fingerprint density at radius 2 is 1.65 bits per heavy atom. The van der Waals surface area contributed by atoms with E-state index in [9.17, 15) is 9.90 Å². The molecule has 0 spiro atoms. The maximum Gasteiger partial charge on any atom is 0.275 e. The van der Waals surface area contributed by atoms with Crippen LogP contribution in [0.2, 0.25) is 0 Å². The van der Waals surface area contributed by atoms with Gasteiger partial charge in [-0.2, -0.15) is 5.10 Å². The van der Waals surface area contributed by atoms with Gasteiger partial charge in [0.15, 0.2) is 0 Å². The lowest BCUT2D eigenvalue weighted by atomic mass is 10.2. The summed E-state index contributed by atoms with van der Waals surface area (Å²) in [6.45, 7) is 0.377. The highest BCUT2D eigenvalue weighted by atomic mass is 16.5. The molecule has 0 aliphatic rings. The van der Waals surface area contributed by atoms with Crippen LogP contribution in [-0.2, 0) is 6.61 Å². The summed E-state index contributed by atoms with van der Waals surface area (Å²) >= 11 is 0. The number of aromatic hydroxyl groups is 1. The van der Waals surface area contributed by atoms with E-state index in [0.29, 0.717) is 17.9 Å². The second kappa shape index (κ2) is 8.48. The standard InChI is InChI=1S/C21H18N2O3/c24-18-12-10-16(11-13-18)14-22-23-21(25)19-8-4-5-9-20(19)26-15-17-6-2-1-3-7-17/h1-14,24H,15H2,(H,23,25)/b22-14+. The number of amides is 1. The van der Waals surface area contributed by atoms with Crippen LogP contribution in [0.4, 0.5) is 0 Å². The first kappa shape index (κ1) is 17.2. The summed E-state index contributed by atoms with van der Waals surface area (Å²) < 4.78 is 5.78. The van der Waals surface area contributed by atoms with Crippen molar-refractivity contribution < 1.29 is 14.6 Å². The van der Waals surface area contributed by atoms with Crippen molar-refractivity contribution in [3.63, 3.8) is 0 Å². The van der Waals surface area contributed by atoms with Crippen molar-refractivity contribution in [2.45, 2.75) is 6.61 Å². The van der Waals surface area contributed by atoms with Crippen LogP contribution in [0.1, 0.15) is 21.5 Å². The fraction of sp³-hybridized carbons (Fsp3) is 0.0476. The van der Waals surface area contributed by atoms with Gasteiger partial charge in [-0.1, -0.05) is 42.5 Å². The second-order valence-corrected chi connectivity index (χ2v) is 5.56. The lowest BCUT2D eigenvalue weighted by Crippen LogP contribution is -2.18. The van der Waals surface area contributed by atoms with Gasteiger partial charge in [-0.25, -0.2) is 5.43 Å². The maximum absolute atomic E-state index is 12.4. The van der Waals surface area contributed by atoms with E-state index in [2.05, 4.69) is 10.5 Å². The number of nitrogens with one attached hydrogen (secondary N) is 1. The minimum atomic E-state index is -0.358. The molecule has 0 unspecified atom stereocenters. The third-order valence-electron chi connectivity index (χ3n) is 3.64. The summed E-state index contributed by atoms with van der Waals surface area (Å²) in [6, 6.07) is 23.3. The van der Waals surface area contributed by atoms with Crippen LogP contribution in [-0.4, -0.2) is 17.2 Å². The van der Waals surface area contributed by atoms with Crippen LogP contribution in [0.5, 0.6) is 11.5 Å². The summed E-state index contributed by atoms with van der Waals surface area (Å²) in [7, 11) is 0. The van der Waals surface area contributed by atoms with E-state index < -0.39 is 0 Å². The highest BCUT2D eigenvalue weighted by molar-refractivity contribution is 5.97. The minimum Gasteiger partial charge on any atom is -0.508 e. The number of phenols is 1. The first-order chi connectivity index (χ1) is 12.7. The molecule has 0 saturated heterocycles. The summed E-state index contributed by atoms with van der Waals surface area (Å²) in [6.07, 6.45) is 1.50. The Bertz CT molecular complexity index is 891. The first-order valence-electron chi connectivity index (χ1n) is 8.10. The number of hydrazone groups is 1. The number of phenolic OH excluding ortho intramolecular Hbond substituents is 1. The van der Waals surface area contributed by atoms with E-state index in [-0.39, 0.29) is 11.7 Å². The zero-order valence-corrected chi connectivity index (χ0v) is 14.0. The van der Waals surface area contributed by atoms with Gasteiger partial charge < -0.3 is 9.84 Å². The number of carbonyl (C=O) groups excluding carboxylic acids is 1. The van der Waals surface area contributed by atoms with E-state index in [1.807, 2.05) is 36.4 Å². The Morgan fingerprint density at radius 3 is 2.42 bits per heavy atom. The highest BCUT2D eigenvalue weighted by Crippen LogP contribution is 2.19. The van der Waals surface area contributed by atoms with Crippen molar-refractivity contribution in [1.29, 1.82) is 0 Å². The number of carbonyl (C=O) groups is 1. The molecule has 0 aliphatic heterocycles. The molecule has 3 aromatic rings. The quantitative estimate of drug-likeness (QED) is 0.528. The molecule has 0 aliphatic carbocycles. The summed E-state index contributed by atoms with van der Waals surface area (Å²) in [5.74, 6) is 0.313. The normalized spacial score (nSPS) is 10.6. The van der Waals surface area contributed by atoms with Gasteiger partial charge in [0.2, 0.25) is 0 Å². The van der Waals surface area contributed by atoms with E-state index in [1.54, 1.807) is 42.5 Å². The van der Waals surface area contributed by atoms with Crippen LogP contribution in [0, 0.1) is 0 Å². The molecule has 1 amide bonds. The van der Waals surface area contributed by atoms with Gasteiger partial charge in [0.25, 0.3) is 5.91 Å². The Hall–Kier alpha value is -3.60. The van der Waals surface area contributed by atoms with Crippen LogP contribution >= 0.6 is 0 Å². The molecule has 0 atom stereocenters. The summed E-state index contributed by atoms with van der Waals surface area (Å²) in [4.78, 5) is 12.4. The van der Waals surface area contributed by atoms with E-state index in [4.69, 9.17) is 4.74 Å². The molecule has 5 nitrogen and oxygen atoms in total. The fourth-order valence-electron chi connectivity index (χ4n) is 2.30. The van der Waals surface area contributed by atoms with Crippen LogP contribution in [0.25, 0.3) is 0 Å². The third kappa shape index (κ3) is 4.70.